The zero-order valence-corrected chi connectivity index (χ0v) is 15.9. The monoisotopic (exact) mass is 419 g/mol. The van der Waals surface area contributed by atoms with Gasteiger partial charge in [-0.05, 0) is 30.3 Å². The molecule has 2 amide bonds. The summed E-state index contributed by atoms with van der Waals surface area (Å²) in [6, 6.07) is 8.57. The maximum absolute atomic E-state index is 13.3. The molecule has 0 aliphatic carbocycles. The highest BCUT2D eigenvalue weighted by Crippen LogP contribution is 2.18. The van der Waals surface area contributed by atoms with Gasteiger partial charge in [-0.3, -0.25) is 19.7 Å². The normalized spacial score (nSPS) is 13.8. The standard InChI is InChI=1S/C20H19F2N3O5/c21-17-6-1-14(13-18(17)22)20(27)24-10-8-23(9-11-24)19(26)7-12-30-16-4-2-15(3-5-16)25(28)29/h1-6,13H,7-12H2. The van der Waals surface area contributed by atoms with Crippen molar-refractivity contribution in [2.24, 2.45) is 0 Å². The first-order chi connectivity index (χ1) is 14.3. The number of benzene rings is 2. The van der Waals surface area contributed by atoms with Gasteiger partial charge in [0.15, 0.2) is 11.6 Å². The van der Waals surface area contributed by atoms with Crippen LogP contribution in [0.3, 0.4) is 0 Å². The number of nitro groups is 1. The molecule has 158 valence electrons. The van der Waals surface area contributed by atoms with Gasteiger partial charge < -0.3 is 14.5 Å². The van der Waals surface area contributed by atoms with Crippen LogP contribution in [0.15, 0.2) is 42.5 Å². The van der Waals surface area contributed by atoms with E-state index in [0.717, 1.165) is 12.1 Å². The molecule has 0 N–H and O–H groups in total. The van der Waals surface area contributed by atoms with Crippen molar-refractivity contribution in [1.82, 2.24) is 9.80 Å². The third kappa shape index (κ3) is 5.07. The van der Waals surface area contributed by atoms with Crippen LogP contribution in [0.4, 0.5) is 14.5 Å². The molecule has 10 heteroatoms. The third-order valence-electron chi connectivity index (χ3n) is 4.72. The van der Waals surface area contributed by atoms with E-state index in [9.17, 15) is 28.5 Å². The van der Waals surface area contributed by atoms with Crippen LogP contribution in [-0.4, -0.2) is 59.3 Å². The molecule has 2 aromatic carbocycles. The van der Waals surface area contributed by atoms with Crippen molar-refractivity contribution >= 4 is 17.5 Å². The molecule has 1 saturated heterocycles. The zero-order valence-electron chi connectivity index (χ0n) is 15.9. The first kappa shape index (κ1) is 21.2. The summed E-state index contributed by atoms with van der Waals surface area (Å²) in [7, 11) is 0. The Hall–Kier alpha value is -3.56. The number of amides is 2. The van der Waals surface area contributed by atoms with Gasteiger partial charge in [0.25, 0.3) is 11.6 Å². The minimum Gasteiger partial charge on any atom is -0.493 e. The highest BCUT2D eigenvalue weighted by atomic mass is 19.2. The lowest BCUT2D eigenvalue weighted by atomic mass is 10.1. The first-order valence-corrected chi connectivity index (χ1v) is 9.24. The molecule has 3 rings (SSSR count). The van der Waals surface area contributed by atoms with E-state index in [4.69, 9.17) is 4.74 Å². The second-order valence-electron chi connectivity index (χ2n) is 6.65. The Bertz CT molecular complexity index is 944. The zero-order chi connectivity index (χ0) is 21.7. The van der Waals surface area contributed by atoms with Crippen molar-refractivity contribution in [1.29, 1.82) is 0 Å². The molecule has 0 aromatic heterocycles. The molecule has 2 aromatic rings. The second-order valence-corrected chi connectivity index (χ2v) is 6.65. The SMILES string of the molecule is O=C(CCOc1ccc([N+](=O)[O-])cc1)N1CCN(C(=O)c2ccc(F)c(F)c2)CC1. The summed E-state index contributed by atoms with van der Waals surface area (Å²) in [4.78, 5) is 37.9. The van der Waals surface area contributed by atoms with Gasteiger partial charge in [-0.2, -0.15) is 0 Å². The highest BCUT2D eigenvalue weighted by Gasteiger charge is 2.25. The van der Waals surface area contributed by atoms with Crippen molar-refractivity contribution < 1.29 is 28.0 Å². The minimum absolute atomic E-state index is 0.0470. The molecule has 0 spiro atoms. The van der Waals surface area contributed by atoms with Gasteiger partial charge in [-0.15, -0.1) is 0 Å². The molecule has 1 heterocycles. The number of rotatable bonds is 6. The average Bonchev–Trinajstić information content (AvgIpc) is 2.75. The number of hydrogen-bond acceptors (Lipinski definition) is 5. The van der Waals surface area contributed by atoms with Crippen LogP contribution in [-0.2, 0) is 4.79 Å². The number of ether oxygens (including phenoxy) is 1. The number of carbonyl (C=O) groups is 2. The van der Waals surface area contributed by atoms with E-state index in [1.807, 2.05) is 0 Å². The lowest BCUT2D eigenvalue weighted by Gasteiger charge is -2.34. The number of carbonyl (C=O) groups excluding carboxylic acids is 2. The van der Waals surface area contributed by atoms with Gasteiger partial charge in [-0.25, -0.2) is 8.78 Å². The summed E-state index contributed by atoms with van der Waals surface area (Å²) in [5.41, 5.74) is 0.0133. The molecule has 0 radical (unpaired) electrons. The molecule has 0 bridgehead atoms. The summed E-state index contributed by atoms with van der Waals surface area (Å²) in [5.74, 6) is -2.23. The summed E-state index contributed by atoms with van der Waals surface area (Å²) >= 11 is 0. The number of non-ortho nitro benzene ring substituents is 1. The summed E-state index contributed by atoms with van der Waals surface area (Å²) < 4.78 is 31.8. The second kappa shape index (κ2) is 9.29. The largest absolute Gasteiger partial charge is 0.493 e. The van der Waals surface area contributed by atoms with E-state index in [2.05, 4.69) is 0 Å². The predicted molar refractivity (Wildman–Crippen MR) is 102 cm³/mol. The Balaban J connectivity index is 1.44. The highest BCUT2D eigenvalue weighted by molar-refractivity contribution is 5.94. The third-order valence-corrected chi connectivity index (χ3v) is 4.72. The van der Waals surface area contributed by atoms with Gasteiger partial charge in [0.1, 0.15) is 5.75 Å². The average molecular weight is 419 g/mol. The van der Waals surface area contributed by atoms with Crippen LogP contribution in [0.5, 0.6) is 5.75 Å². The van der Waals surface area contributed by atoms with E-state index >= 15 is 0 Å². The van der Waals surface area contributed by atoms with Gasteiger partial charge in [-0.1, -0.05) is 0 Å². The lowest BCUT2D eigenvalue weighted by Crippen LogP contribution is -2.50. The summed E-state index contributed by atoms with van der Waals surface area (Å²) in [6.07, 6.45) is 0.119. The van der Waals surface area contributed by atoms with Crippen LogP contribution in [0.2, 0.25) is 0 Å². The van der Waals surface area contributed by atoms with Crippen LogP contribution < -0.4 is 4.74 Å². The van der Waals surface area contributed by atoms with Crippen LogP contribution >= 0.6 is 0 Å². The van der Waals surface area contributed by atoms with E-state index in [1.165, 1.54) is 35.2 Å². The quantitative estimate of drug-likeness (QED) is 0.530. The van der Waals surface area contributed by atoms with Crippen LogP contribution in [0.1, 0.15) is 16.8 Å². The number of piperazine rings is 1. The molecular formula is C20H19F2N3O5. The van der Waals surface area contributed by atoms with Gasteiger partial charge in [0, 0.05) is 43.9 Å². The molecule has 8 nitrogen and oxygen atoms in total. The van der Waals surface area contributed by atoms with Gasteiger partial charge in [0.2, 0.25) is 5.91 Å². The predicted octanol–water partition coefficient (Wildman–Crippen LogP) is 2.63. The Morgan fingerprint density at radius 3 is 2.20 bits per heavy atom. The number of hydrogen-bond donors (Lipinski definition) is 0. The van der Waals surface area contributed by atoms with Crippen molar-refractivity contribution in [2.75, 3.05) is 32.8 Å². The summed E-state index contributed by atoms with van der Waals surface area (Å²) in [6.45, 7) is 1.34. The molecule has 0 saturated carbocycles. The fourth-order valence-corrected chi connectivity index (χ4v) is 3.05. The minimum atomic E-state index is -1.08. The topological polar surface area (TPSA) is 93.0 Å². The Morgan fingerprint density at radius 1 is 0.967 bits per heavy atom. The number of halogens is 2. The number of nitro benzene ring substituents is 1. The fraction of sp³-hybridized carbons (Fsp3) is 0.300. The molecule has 1 aliphatic rings. The smallest absolute Gasteiger partial charge is 0.269 e. The van der Waals surface area contributed by atoms with Gasteiger partial charge >= 0.3 is 0 Å². The molecule has 0 atom stereocenters. The van der Waals surface area contributed by atoms with Crippen molar-refractivity contribution in [2.45, 2.75) is 6.42 Å². The van der Waals surface area contributed by atoms with E-state index < -0.39 is 22.5 Å². The molecule has 0 unspecified atom stereocenters. The maximum Gasteiger partial charge on any atom is 0.269 e. The Morgan fingerprint density at radius 2 is 1.60 bits per heavy atom. The van der Waals surface area contributed by atoms with Gasteiger partial charge in [0.05, 0.1) is 18.0 Å². The van der Waals surface area contributed by atoms with Crippen LogP contribution in [0, 0.1) is 21.7 Å². The van der Waals surface area contributed by atoms with Crippen molar-refractivity contribution in [3.8, 4) is 5.75 Å². The number of nitrogens with zero attached hydrogens (tertiary/aromatic N) is 3. The van der Waals surface area contributed by atoms with Crippen molar-refractivity contribution in [3.05, 3.63) is 69.8 Å². The van der Waals surface area contributed by atoms with Crippen molar-refractivity contribution in [3.63, 3.8) is 0 Å². The lowest BCUT2D eigenvalue weighted by molar-refractivity contribution is -0.384. The molecular weight excluding hydrogens is 400 g/mol. The van der Waals surface area contributed by atoms with E-state index in [-0.39, 0.29) is 43.3 Å². The Kier molecular flexibility index (Phi) is 6.55. The van der Waals surface area contributed by atoms with E-state index in [1.54, 1.807) is 4.90 Å². The molecule has 30 heavy (non-hydrogen) atoms. The van der Waals surface area contributed by atoms with Crippen LogP contribution in [0.25, 0.3) is 0 Å². The molecule has 1 aliphatic heterocycles. The Labute approximate surface area is 170 Å². The fourth-order valence-electron chi connectivity index (χ4n) is 3.05. The van der Waals surface area contributed by atoms with E-state index in [0.29, 0.717) is 18.8 Å². The molecule has 1 fully saturated rings. The maximum atomic E-state index is 13.3. The summed E-state index contributed by atoms with van der Waals surface area (Å²) in [5, 5.41) is 10.6. The first-order valence-electron chi connectivity index (χ1n) is 9.24.